The second kappa shape index (κ2) is 5.62. The topological polar surface area (TPSA) is 67.3 Å². The molecule has 0 spiro atoms. The highest BCUT2D eigenvalue weighted by molar-refractivity contribution is 7.99. The molecule has 0 radical (unpaired) electrons. The lowest BCUT2D eigenvalue weighted by atomic mass is 10.1. The van der Waals surface area contributed by atoms with E-state index in [1.807, 2.05) is 18.2 Å². The van der Waals surface area contributed by atoms with E-state index in [4.69, 9.17) is 0 Å². The highest BCUT2D eigenvalue weighted by atomic mass is 32.2. The normalized spacial score (nSPS) is 10.5. The number of rotatable bonds is 4. The molecule has 0 aliphatic heterocycles. The van der Waals surface area contributed by atoms with Crippen molar-refractivity contribution in [1.29, 1.82) is 0 Å². The lowest BCUT2D eigenvalue weighted by Gasteiger charge is -1.95. The molecule has 6 heteroatoms. The largest absolute Gasteiger partial charge is 0.262 e. The molecule has 1 N–H and O–H groups in total. The zero-order valence-corrected chi connectivity index (χ0v) is 10.8. The fourth-order valence-electron chi connectivity index (χ4n) is 1.61. The van der Waals surface area contributed by atoms with Crippen molar-refractivity contribution >= 4 is 11.8 Å². The Hall–Kier alpha value is -2.21. The summed E-state index contributed by atoms with van der Waals surface area (Å²) in [6.07, 6.45) is 4.14. The van der Waals surface area contributed by atoms with E-state index in [1.165, 1.54) is 17.3 Å². The molecule has 5 nitrogen and oxygen atoms in total. The minimum absolute atomic E-state index is 0.636. The van der Waals surface area contributed by atoms with Crippen LogP contribution in [-0.2, 0) is 6.42 Å². The van der Waals surface area contributed by atoms with Crippen LogP contribution in [0.5, 0.6) is 0 Å². The predicted octanol–water partition coefficient (Wildman–Crippen LogP) is 2.34. The maximum absolute atomic E-state index is 4.42. The Kier molecular flexibility index (Phi) is 3.51. The van der Waals surface area contributed by atoms with Crippen LogP contribution in [0, 0.1) is 0 Å². The van der Waals surface area contributed by atoms with Gasteiger partial charge in [0.15, 0.2) is 5.16 Å². The van der Waals surface area contributed by atoms with Crippen molar-refractivity contribution in [3.8, 4) is 0 Å². The first-order valence-electron chi connectivity index (χ1n) is 5.80. The number of nitrogens with one attached hydrogen (secondary N) is 1. The van der Waals surface area contributed by atoms with Crippen LogP contribution in [0.2, 0.25) is 0 Å². The van der Waals surface area contributed by atoms with E-state index in [0.717, 1.165) is 12.2 Å². The molecule has 0 aliphatic carbocycles. The van der Waals surface area contributed by atoms with Crippen LogP contribution in [0.25, 0.3) is 0 Å². The summed E-state index contributed by atoms with van der Waals surface area (Å²) in [6, 6.07) is 11.9. The van der Waals surface area contributed by atoms with Crippen LogP contribution in [0.4, 0.5) is 0 Å². The van der Waals surface area contributed by atoms with Crippen LogP contribution in [0.1, 0.15) is 11.4 Å². The highest BCUT2D eigenvalue weighted by Crippen LogP contribution is 2.19. The molecule has 3 aromatic rings. The van der Waals surface area contributed by atoms with E-state index in [1.54, 1.807) is 18.5 Å². The number of hydrogen-bond acceptors (Lipinski definition) is 5. The van der Waals surface area contributed by atoms with Crippen molar-refractivity contribution in [1.82, 2.24) is 25.1 Å². The second-order valence-corrected chi connectivity index (χ2v) is 4.79. The lowest BCUT2D eigenvalue weighted by Crippen LogP contribution is -1.90. The maximum Gasteiger partial charge on any atom is 0.216 e. The number of aromatic nitrogens is 5. The third kappa shape index (κ3) is 3.17. The van der Waals surface area contributed by atoms with Gasteiger partial charge in [0, 0.05) is 18.8 Å². The summed E-state index contributed by atoms with van der Waals surface area (Å²) in [5.74, 6) is 0.838. The SMILES string of the molecule is c1ccc(Cc2nc(Sc3ncccn3)n[nH]2)cc1. The number of H-pyrrole nitrogens is 1. The van der Waals surface area contributed by atoms with Gasteiger partial charge in [-0.05, 0) is 23.4 Å². The maximum atomic E-state index is 4.42. The van der Waals surface area contributed by atoms with Crippen molar-refractivity contribution in [3.63, 3.8) is 0 Å². The molecule has 19 heavy (non-hydrogen) atoms. The molecule has 0 atom stereocenters. The van der Waals surface area contributed by atoms with E-state index in [-0.39, 0.29) is 0 Å². The molecular weight excluding hydrogens is 258 g/mol. The Labute approximate surface area is 114 Å². The second-order valence-electron chi connectivity index (χ2n) is 3.86. The van der Waals surface area contributed by atoms with Gasteiger partial charge >= 0.3 is 0 Å². The Balaban J connectivity index is 1.70. The summed E-state index contributed by atoms with van der Waals surface area (Å²) in [5, 5.41) is 8.37. The Morgan fingerprint density at radius 3 is 2.53 bits per heavy atom. The van der Waals surface area contributed by atoms with E-state index in [0.29, 0.717) is 10.3 Å². The fourth-order valence-corrected chi connectivity index (χ4v) is 2.25. The van der Waals surface area contributed by atoms with Gasteiger partial charge in [0.1, 0.15) is 5.82 Å². The zero-order chi connectivity index (χ0) is 12.9. The van der Waals surface area contributed by atoms with Gasteiger partial charge in [-0.15, -0.1) is 5.10 Å². The first-order chi connectivity index (χ1) is 9.40. The van der Waals surface area contributed by atoms with Crippen molar-refractivity contribution in [2.45, 2.75) is 16.7 Å². The summed E-state index contributed by atoms with van der Waals surface area (Å²) in [6.45, 7) is 0. The highest BCUT2D eigenvalue weighted by Gasteiger charge is 2.07. The Bertz CT molecular complexity index is 582. The monoisotopic (exact) mass is 269 g/mol. The van der Waals surface area contributed by atoms with Gasteiger partial charge in [0.05, 0.1) is 0 Å². The van der Waals surface area contributed by atoms with Crippen molar-refractivity contribution in [2.75, 3.05) is 0 Å². The van der Waals surface area contributed by atoms with Gasteiger partial charge in [-0.3, -0.25) is 5.10 Å². The van der Waals surface area contributed by atoms with Crippen LogP contribution in [0.3, 0.4) is 0 Å². The predicted molar refractivity (Wildman–Crippen MR) is 71.8 cm³/mol. The quantitative estimate of drug-likeness (QED) is 0.736. The van der Waals surface area contributed by atoms with E-state index >= 15 is 0 Å². The summed E-state index contributed by atoms with van der Waals surface area (Å²) in [7, 11) is 0. The molecular formula is C13H11N5S. The van der Waals surface area contributed by atoms with Gasteiger partial charge in [-0.25, -0.2) is 15.0 Å². The first-order valence-corrected chi connectivity index (χ1v) is 6.62. The van der Waals surface area contributed by atoms with Crippen LogP contribution >= 0.6 is 11.8 Å². The molecule has 94 valence electrons. The van der Waals surface area contributed by atoms with Crippen LogP contribution < -0.4 is 0 Å². The summed E-state index contributed by atoms with van der Waals surface area (Å²) in [4.78, 5) is 12.7. The van der Waals surface area contributed by atoms with Gasteiger partial charge < -0.3 is 0 Å². The van der Waals surface area contributed by atoms with Crippen LogP contribution in [-0.4, -0.2) is 25.1 Å². The molecule has 0 aliphatic rings. The van der Waals surface area contributed by atoms with Crippen molar-refractivity contribution in [3.05, 3.63) is 60.2 Å². The molecule has 1 aromatic carbocycles. The standard InChI is InChI=1S/C13H11N5S/c1-2-5-10(6-3-1)9-11-16-13(18-17-11)19-12-14-7-4-8-15-12/h1-8H,9H2,(H,16,17,18). The average molecular weight is 269 g/mol. The fraction of sp³-hybridized carbons (Fsp3) is 0.0769. The van der Waals surface area contributed by atoms with E-state index < -0.39 is 0 Å². The smallest absolute Gasteiger partial charge is 0.216 e. The average Bonchev–Trinajstić information content (AvgIpc) is 2.88. The Morgan fingerprint density at radius 1 is 0.947 bits per heavy atom. The number of hydrogen-bond donors (Lipinski definition) is 1. The molecule has 2 heterocycles. The van der Waals surface area contributed by atoms with E-state index in [2.05, 4.69) is 37.3 Å². The number of nitrogens with zero attached hydrogens (tertiary/aromatic N) is 4. The van der Waals surface area contributed by atoms with Crippen molar-refractivity contribution in [2.24, 2.45) is 0 Å². The summed E-state index contributed by atoms with van der Waals surface area (Å²) >= 11 is 1.34. The van der Waals surface area contributed by atoms with Gasteiger partial charge in [0.25, 0.3) is 0 Å². The number of benzene rings is 1. The molecule has 2 aromatic heterocycles. The first kappa shape index (κ1) is 11.9. The molecule has 0 saturated carbocycles. The molecule has 0 amide bonds. The molecule has 0 unspecified atom stereocenters. The number of aromatic amines is 1. The molecule has 0 saturated heterocycles. The zero-order valence-electron chi connectivity index (χ0n) is 10.0. The minimum atomic E-state index is 0.636. The third-order valence-corrected chi connectivity index (χ3v) is 3.21. The van der Waals surface area contributed by atoms with E-state index in [9.17, 15) is 0 Å². The summed E-state index contributed by atoms with van der Waals surface area (Å²) in [5.41, 5.74) is 1.20. The summed E-state index contributed by atoms with van der Waals surface area (Å²) < 4.78 is 0. The minimum Gasteiger partial charge on any atom is -0.262 e. The lowest BCUT2D eigenvalue weighted by molar-refractivity contribution is 0.931. The van der Waals surface area contributed by atoms with Crippen molar-refractivity contribution < 1.29 is 0 Å². The third-order valence-electron chi connectivity index (χ3n) is 2.45. The van der Waals surface area contributed by atoms with Gasteiger partial charge in [0.2, 0.25) is 5.16 Å². The molecule has 0 fully saturated rings. The van der Waals surface area contributed by atoms with Gasteiger partial charge in [-0.1, -0.05) is 30.3 Å². The Morgan fingerprint density at radius 2 is 1.74 bits per heavy atom. The van der Waals surface area contributed by atoms with Crippen LogP contribution in [0.15, 0.2) is 59.1 Å². The molecule has 3 rings (SSSR count). The van der Waals surface area contributed by atoms with Gasteiger partial charge in [-0.2, -0.15) is 0 Å². The molecule has 0 bridgehead atoms.